The number of hydrogen-bond acceptors (Lipinski definition) is 6. The maximum Gasteiger partial charge on any atom is 0.252 e. The van der Waals surface area contributed by atoms with E-state index in [1.165, 1.54) is 20.5 Å². The number of carbonyl (C=O) groups is 1. The molecule has 25 heavy (non-hydrogen) atoms. The molecule has 6 nitrogen and oxygen atoms in total. The van der Waals surface area contributed by atoms with Crippen molar-refractivity contribution in [1.82, 2.24) is 9.29 Å². The molecule has 0 atom stereocenters. The van der Waals surface area contributed by atoms with Crippen LogP contribution in [0, 0.1) is 5.92 Å². The maximum atomic E-state index is 12.5. The van der Waals surface area contributed by atoms with E-state index in [9.17, 15) is 13.2 Å². The van der Waals surface area contributed by atoms with Crippen LogP contribution in [0.15, 0.2) is 21.7 Å². The van der Waals surface area contributed by atoms with Crippen molar-refractivity contribution in [2.45, 2.75) is 36.3 Å². The smallest absolute Gasteiger partial charge is 0.252 e. The topological polar surface area (TPSA) is 79.4 Å². The highest BCUT2D eigenvalue weighted by molar-refractivity contribution is 7.91. The molecule has 2 aliphatic rings. The van der Waals surface area contributed by atoms with Crippen LogP contribution >= 0.6 is 22.7 Å². The summed E-state index contributed by atoms with van der Waals surface area (Å²) in [6.07, 6.45) is 4.30. The van der Waals surface area contributed by atoms with Gasteiger partial charge in [-0.3, -0.25) is 4.79 Å². The lowest BCUT2D eigenvalue weighted by Gasteiger charge is -2.29. The van der Waals surface area contributed by atoms with Crippen molar-refractivity contribution in [3.05, 3.63) is 28.1 Å². The van der Waals surface area contributed by atoms with Crippen LogP contribution < -0.4 is 5.32 Å². The molecule has 1 amide bonds. The van der Waals surface area contributed by atoms with Crippen molar-refractivity contribution in [3.63, 3.8) is 0 Å². The molecule has 134 valence electrons. The fraction of sp³-hybridized carbons (Fsp3) is 0.500. The van der Waals surface area contributed by atoms with Gasteiger partial charge in [0.05, 0.1) is 5.69 Å². The minimum atomic E-state index is -3.41. The second-order valence-electron chi connectivity index (χ2n) is 6.34. The third-order valence-corrected chi connectivity index (χ3v) is 9.08. The van der Waals surface area contributed by atoms with Gasteiger partial charge in [-0.1, -0.05) is 6.07 Å². The Balaban J connectivity index is 1.36. The Morgan fingerprint density at radius 2 is 2.08 bits per heavy atom. The lowest BCUT2D eigenvalue weighted by molar-refractivity contribution is -0.120. The fourth-order valence-electron chi connectivity index (χ4n) is 3.35. The number of nitrogens with zero attached hydrogens (tertiary/aromatic N) is 2. The summed E-state index contributed by atoms with van der Waals surface area (Å²) in [5, 5.41) is 5.37. The van der Waals surface area contributed by atoms with Crippen molar-refractivity contribution in [2.75, 3.05) is 18.4 Å². The zero-order chi connectivity index (χ0) is 17.4. The van der Waals surface area contributed by atoms with Crippen LogP contribution in [0.25, 0.3) is 0 Å². The molecule has 4 rings (SSSR count). The van der Waals surface area contributed by atoms with Crippen LogP contribution in [0.3, 0.4) is 0 Å². The zero-order valence-electron chi connectivity index (χ0n) is 13.6. The largest absolute Gasteiger partial charge is 0.302 e. The molecule has 1 aliphatic carbocycles. The normalized spacial score (nSPS) is 19.0. The number of carbonyl (C=O) groups excluding carboxylic acids is 1. The number of aromatic nitrogens is 1. The first-order chi connectivity index (χ1) is 12.0. The van der Waals surface area contributed by atoms with E-state index in [0.717, 1.165) is 25.0 Å². The summed E-state index contributed by atoms with van der Waals surface area (Å²) in [6.45, 7) is 0.763. The van der Waals surface area contributed by atoms with Gasteiger partial charge in [-0.15, -0.1) is 22.7 Å². The zero-order valence-corrected chi connectivity index (χ0v) is 16.1. The second-order valence-corrected chi connectivity index (χ2v) is 10.5. The summed E-state index contributed by atoms with van der Waals surface area (Å²) in [6, 6.07) is 3.36. The van der Waals surface area contributed by atoms with Gasteiger partial charge in [-0.05, 0) is 43.6 Å². The van der Waals surface area contributed by atoms with Gasteiger partial charge in [-0.2, -0.15) is 4.31 Å². The van der Waals surface area contributed by atoms with Gasteiger partial charge in [0, 0.05) is 23.9 Å². The van der Waals surface area contributed by atoms with Crippen LogP contribution in [-0.4, -0.2) is 36.7 Å². The summed E-state index contributed by atoms with van der Waals surface area (Å²) in [5.74, 6) is -0.200. The first-order valence-corrected chi connectivity index (χ1v) is 11.5. The first kappa shape index (κ1) is 17.1. The number of rotatable bonds is 4. The minimum Gasteiger partial charge on any atom is -0.302 e. The Hall–Kier alpha value is -1.29. The maximum absolute atomic E-state index is 12.5. The fourth-order valence-corrected chi connectivity index (χ4v) is 7.01. The Kier molecular flexibility index (Phi) is 4.65. The van der Waals surface area contributed by atoms with Gasteiger partial charge < -0.3 is 5.32 Å². The highest BCUT2D eigenvalue weighted by Gasteiger charge is 2.33. The lowest BCUT2D eigenvalue weighted by Crippen LogP contribution is -2.41. The average Bonchev–Trinajstić information content (AvgIpc) is 3.32. The van der Waals surface area contributed by atoms with E-state index in [2.05, 4.69) is 10.3 Å². The number of thiophene rings is 1. The summed E-state index contributed by atoms with van der Waals surface area (Å²) in [5.41, 5.74) is 1.12. The Morgan fingerprint density at radius 3 is 2.76 bits per heavy atom. The standard InChI is InChI=1S/C16H19N3O3S3/c20-15(18-16-17-12-3-1-4-13(12)24-16)11-6-8-19(9-7-11)25(21,22)14-5-2-10-23-14/h2,5,10-11H,1,3-4,6-9H2,(H,17,18,20). The average molecular weight is 398 g/mol. The molecule has 0 radical (unpaired) electrons. The van der Waals surface area contributed by atoms with Crippen molar-refractivity contribution < 1.29 is 13.2 Å². The molecule has 0 unspecified atom stereocenters. The molecule has 1 aliphatic heterocycles. The van der Waals surface area contributed by atoms with E-state index >= 15 is 0 Å². The molecule has 0 spiro atoms. The summed E-state index contributed by atoms with van der Waals surface area (Å²) in [4.78, 5) is 18.2. The highest BCUT2D eigenvalue weighted by Crippen LogP contribution is 2.31. The number of aryl methyl sites for hydroxylation is 2. The van der Waals surface area contributed by atoms with Crippen LogP contribution in [0.4, 0.5) is 5.13 Å². The van der Waals surface area contributed by atoms with Crippen LogP contribution in [-0.2, 0) is 27.7 Å². The molecule has 1 saturated heterocycles. The van der Waals surface area contributed by atoms with E-state index in [0.29, 0.717) is 35.3 Å². The molecule has 3 heterocycles. The highest BCUT2D eigenvalue weighted by atomic mass is 32.2. The number of fused-ring (bicyclic) bond motifs is 1. The van der Waals surface area contributed by atoms with E-state index in [4.69, 9.17) is 0 Å². The quantitative estimate of drug-likeness (QED) is 0.860. The summed E-state index contributed by atoms with van der Waals surface area (Å²) < 4.78 is 26.9. The molecule has 1 N–H and O–H groups in total. The molecule has 0 aromatic carbocycles. The Morgan fingerprint density at radius 1 is 1.28 bits per heavy atom. The Bertz CT molecular complexity index is 844. The van der Waals surface area contributed by atoms with Gasteiger partial charge in [0.15, 0.2) is 5.13 Å². The van der Waals surface area contributed by atoms with Crippen molar-refractivity contribution in [2.24, 2.45) is 5.92 Å². The van der Waals surface area contributed by atoms with E-state index < -0.39 is 10.0 Å². The molecule has 0 bridgehead atoms. The van der Waals surface area contributed by atoms with Crippen LogP contribution in [0.2, 0.25) is 0 Å². The van der Waals surface area contributed by atoms with Gasteiger partial charge in [-0.25, -0.2) is 13.4 Å². The Labute approximate surface area is 154 Å². The summed E-state index contributed by atoms with van der Waals surface area (Å²) >= 11 is 2.80. The first-order valence-electron chi connectivity index (χ1n) is 8.37. The van der Waals surface area contributed by atoms with E-state index in [1.807, 2.05) is 0 Å². The number of amides is 1. The molecule has 0 saturated carbocycles. The number of thiazole rings is 1. The van der Waals surface area contributed by atoms with Crippen molar-refractivity contribution >= 4 is 43.7 Å². The lowest BCUT2D eigenvalue weighted by atomic mass is 9.97. The molecule has 2 aromatic rings. The molecular weight excluding hydrogens is 378 g/mol. The van der Waals surface area contributed by atoms with Crippen molar-refractivity contribution in [3.8, 4) is 0 Å². The van der Waals surface area contributed by atoms with Gasteiger partial charge in [0.2, 0.25) is 5.91 Å². The monoisotopic (exact) mass is 397 g/mol. The van der Waals surface area contributed by atoms with E-state index in [1.54, 1.807) is 28.8 Å². The number of sulfonamides is 1. The number of hydrogen-bond donors (Lipinski definition) is 1. The molecular formula is C16H19N3O3S3. The molecule has 1 fully saturated rings. The molecule has 2 aromatic heterocycles. The second kappa shape index (κ2) is 6.79. The van der Waals surface area contributed by atoms with Crippen molar-refractivity contribution in [1.29, 1.82) is 0 Å². The minimum absolute atomic E-state index is 0.0411. The predicted octanol–water partition coefficient (Wildman–Crippen LogP) is 2.73. The van der Waals surface area contributed by atoms with Gasteiger partial charge >= 0.3 is 0 Å². The number of anilines is 1. The third kappa shape index (κ3) is 3.38. The number of piperidine rings is 1. The molecule has 9 heteroatoms. The third-order valence-electron chi connectivity index (χ3n) is 4.74. The SMILES string of the molecule is O=C(Nc1nc2c(s1)CCC2)C1CCN(S(=O)(=O)c2cccs2)CC1. The summed E-state index contributed by atoms with van der Waals surface area (Å²) in [7, 11) is -3.41. The van der Waals surface area contributed by atoms with Crippen LogP contribution in [0.1, 0.15) is 29.8 Å². The predicted molar refractivity (Wildman–Crippen MR) is 98.6 cm³/mol. The van der Waals surface area contributed by atoms with Gasteiger partial charge in [0.1, 0.15) is 4.21 Å². The van der Waals surface area contributed by atoms with E-state index in [-0.39, 0.29) is 11.8 Å². The van der Waals surface area contributed by atoms with Gasteiger partial charge in [0.25, 0.3) is 10.0 Å². The van der Waals surface area contributed by atoms with Crippen LogP contribution in [0.5, 0.6) is 0 Å². The number of nitrogens with one attached hydrogen (secondary N) is 1.